The lowest BCUT2D eigenvalue weighted by atomic mass is 10.2. The fraction of sp³-hybridized carbons (Fsp3) is 0. The van der Waals surface area contributed by atoms with Crippen molar-refractivity contribution in [3.63, 3.8) is 0 Å². The quantitative estimate of drug-likeness (QED) is 0.554. The zero-order valence-corrected chi connectivity index (χ0v) is 13.6. The van der Waals surface area contributed by atoms with E-state index >= 15 is 0 Å². The molecule has 6 nitrogen and oxygen atoms in total. The molecule has 0 radical (unpaired) electrons. The van der Waals surface area contributed by atoms with E-state index in [1.165, 1.54) is 41.7 Å². The summed E-state index contributed by atoms with van der Waals surface area (Å²) in [5, 5.41) is 2.10. The topological polar surface area (TPSA) is 75.5 Å². The molecule has 3 rings (SSSR count). The summed E-state index contributed by atoms with van der Waals surface area (Å²) in [6.07, 6.45) is 4.44. The van der Waals surface area contributed by atoms with Crippen LogP contribution >= 0.6 is 22.9 Å². The van der Waals surface area contributed by atoms with Crippen LogP contribution in [0.25, 0.3) is 11.0 Å². The van der Waals surface area contributed by atoms with Gasteiger partial charge < -0.3 is 0 Å². The van der Waals surface area contributed by atoms with Gasteiger partial charge in [0.2, 0.25) is 0 Å². The molecular formula is C15H10ClFN4O2S. The largest absolute Gasteiger partial charge is 0.289 e. The van der Waals surface area contributed by atoms with Crippen molar-refractivity contribution in [2.45, 2.75) is 0 Å². The first-order valence-corrected chi connectivity index (χ1v) is 7.96. The number of thiazole rings is 1. The van der Waals surface area contributed by atoms with Crippen LogP contribution in [0.2, 0.25) is 5.15 Å². The summed E-state index contributed by atoms with van der Waals surface area (Å²) in [6.45, 7) is 0. The fourth-order valence-corrected chi connectivity index (χ4v) is 2.96. The number of nitrogens with one attached hydrogen (secondary N) is 2. The van der Waals surface area contributed by atoms with E-state index in [-0.39, 0.29) is 10.7 Å². The average molecular weight is 365 g/mol. The number of rotatable bonds is 3. The van der Waals surface area contributed by atoms with Gasteiger partial charge in [0, 0.05) is 17.7 Å². The molecule has 2 aromatic heterocycles. The Morgan fingerprint density at radius 2 is 2.08 bits per heavy atom. The Morgan fingerprint density at radius 3 is 2.88 bits per heavy atom. The molecule has 3 aromatic rings. The van der Waals surface area contributed by atoms with Gasteiger partial charge in [0.05, 0.1) is 11.3 Å². The summed E-state index contributed by atoms with van der Waals surface area (Å²) in [5.41, 5.74) is 4.68. The molecule has 0 bridgehead atoms. The summed E-state index contributed by atoms with van der Waals surface area (Å²) < 4.78 is 15.2. The van der Waals surface area contributed by atoms with Crippen molar-refractivity contribution in [2.75, 3.05) is 0 Å². The molecule has 0 fully saturated rings. The van der Waals surface area contributed by atoms with Gasteiger partial charge in [-0.1, -0.05) is 23.7 Å². The molecule has 1 aromatic carbocycles. The maximum Gasteiger partial charge on any atom is 0.272 e. The molecule has 0 saturated heterocycles. The van der Waals surface area contributed by atoms with E-state index in [1.807, 2.05) is 5.38 Å². The lowest BCUT2D eigenvalue weighted by molar-refractivity contribution is -0.117. The van der Waals surface area contributed by atoms with Crippen LogP contribution in [-0.4, -0.2) is 21.2 Å². The molecule has 122 valence electrons. The zero-order valence-electron chi connectivity index (χ0n) is 12.0. The Bertz CT molecular complexity index is 950. The summed E-state index contributed by atoms with van der Waals surface area (Å²) >= 11 is 7.41. The van der Waals surface area contributed by atoms with E-state index in [9.17, 15) is 14.0 Å². The van der Waals surface area contributed by atoms with Crippen molar-refractivity contribution >= 4 is 45.8 Å². The number of carbonyl (C=O) groups is 2. The Labute approximate surface area is 144 Å². The minimum atomic E-state index is -0.752. The van der Waals surface area contributed by atoms with Gasteiger partial charge in [-0.3, -0.25) is 24.8 Å². The van der Waals surface area contributed by atoms with Crippen molar-refractivity contribution in [3.05, 3.63) is 64.1 Å². The third kappa shape index (κ3) is 3.29. The normalized spacial score (nSPS) is 11.1. The minimum absolute atomic E-state index is 0.166. The predicted molar refractivity (Wildman–Crippen MR) is 89.1 cm³/mol. The molecule has 2 N–H and O–H groups in total. The third-order valence-electron chi connectivity index (χ3n) is 3.06. The van der Waals surface area contributed by atoms with Crippen molar-refractivity contribution in [1.82, 2.24) is 20.2 Å². The molecule has 0 aliphatic carbocycles. The van der Waals surface area contributed by atoms with E-state index in [0.29, 0.717) is 10.7 Å². The van der Waals surface area contributed by atoms with E-state index in [2.05, 4.69) is 15.8 Å². The van der Waals surface area contributed by atoms with Gasteiger partial charge in [-0.05, 0) is 18.2 Å². The molecule has 24 heavy (non-hydrogen) atoms. The highest BCUT2D eigenvalue weighted by Crippen LogP contribution is 2.22. The second kappa shape index (κ2) is 6.81. The smallest absolute Gasteiger partial charge is 0.272 e. The van der Waals surface area contributed by atoms with E-state index in [1.54, 1.807) is 10.6 Å². The van der Waals surface area contributed by atoms with Gasteiger partial charge in [-0.15, -0.1) is 11.3 Å². The maximum atomic E-state index is 13.4. The SMILES string of the molecule is O=C(/C=C/c1c(Cl)nc2sccn12)NNC(=O)c1ccccc1F. The molecule has 0 aliphatic rings. The van der Waals surface area contributed by atoms with Crippen molar-refractivity contribution in [1.29, 1.82) is 0 Å². The Morgan fingerprint density at radius 1 is 1.29 bits per heavy atom. The van der Waals surface area contributed by atoms with E-state index in [0.717, 1.165) is 6.07 Å². The van der Waals surface area contributed by atoms with Crippen LogP contribution in [0.4, 0.5) is 4.39 Å². The first-order chi connectivity index (χ1) is 11.6. The standard InChI is InChI=1S/C15H10ClFN4O2S/c16-13-11(21-7-8-24-15(21)18-13)5-6-12(22)19-20-14(23)9-3-1-2-4-10(9)17/h1-8H,(H,19,22)(H,20,23)/b6-5+. The number of hydrogen-bond donors (Lipinski definition) is 2. The van der Waals surface area contributed by atoms with Gasteiger partial charge in [0.25, 0.3) is 11.8 Å². The molecule has 0 spiro atoms. The zero-order chi connectivity index (χ0) is 17.1. The van der Waals surface area contributed by atoms with Crippen LogP contribution in [0, 0.1) is 5.82 Å². The highest BCUT2D eigenvalue weighted by Gasteiger charge is 2.11. The second-order valence-electron chi connectivity index (χ2n) is 4.60. The number of fused-ring (bicyclic) bond motifs is 1. The summed E-state index contributed by atoms with van der Waals surface area (Å²) in [4.78, 5) is 28.4. The lowest BCUT2D eigenvalue weighted by Gasteiger charge is -2.05. The second-order valence-corrected chi connectivity index (χ2v) is 5.83. The number of halogens is 2. The van der Waals surface area contributed by atoms with Crippen LogP contribution in [-0.2, 0) is 4.79 Å². The maximum absolute atomic E-state index is 13.4. The number of carbonyl (C=O) groups excluding carboxylic acids is 2. The number of imidazole rings is 1. The number of amides is 2. The number of aromatic nitrogens is 2. The number of hydrogen-bond acceptors (Lipinski definition) is 4. The predicted octanol–water partition coefficient (Wildman–Crippen LogP) is 2.66. The Hall–Kier alpha value is -2.71. The first-order valence-electron chi connectivity index (χ1n) is 6.70. The van der Waals surface area contributed by atoms with Gasteiger partial charge in [-0.25, -0.2) is 9.37 Å². The van der Waals surface area contributed by atoms with E-state index in [4.69, 9.17) is 11.6 Å². The molecule has 2 heterocycles. The molecule has 0 aliphatic heterocycles. The average Bonchev–Trinajstić information content (AvgIpc) is 3.12. The summed E-state index contributed by atoms with van der Waals surface area (Å²) in [7, 11) is 0. The van der Waals surface area contributed by atoms with Gasteiger partial charge in [-0.2, -0.15) is 0 Å². The third-order valence-corrected chi connectivity index (χ3v) is 4.10. The number of nitrogens with zero attached hydrogens (tertiary/aromatic N) is 2. The highest BCUT2D eigenvalue weighted by atomic mass is 35.5. The van der Waals surface area contributed by atoms with Crippen LogP contribution in [0.3, 0.4) is 0 Å². The Balaban J connectivity index is 1.64. The highest BCUT2D eigenvalue weighted by molar-refractivity contribution is 7.15. The number of hydrazine groups is 1. The van der Waals surface area contributed by atoms with Crippen molar-refractivity contribution in [3.8, 4) is 0 Å². The molecule has 0 saturated carbocycles. The van der Waals surface area contributed by atoms with Crippen LogP contribution < -0.4 is 10.9 Å². The number of benzene rings is 1. The van der Waals surface area contributed by atoms with Gasteiger partial charge >= 0.3 is 0 Å². The minimum Gasteiger partial charge on any atom is -0.289 e. The molecule has 0 atom stereocenters. The van der Waals surface area contributed by atoms with Gasteiger partial charge in [0.15, 0.2) is 10.1 Å². The molecule has 2 amide bonds. The summed E-state index contributed by atoms with van der Waals surface area (Å²) in [5.74, 6) is -2.02. The molecular weight excluding hydrogens is 355 g/mol. The summed E-state index contributed by atoms with van der Waals surface area (Å²) in [6, 6.07) is 5.46. The van der Waals surface area contributed by atoms with Gasteiger partial charge in [0.1, 0.15) is 5.82 Å². The van der Waals surface area contributed by atoms with Crippen LogP contribution in [0.5, 0.6) is 0 Å². The van der Waals surface area contributed by atoms with Crippen LogP contribution in [0.15, 0.2) is 41.9 Å². The van der Waals surface area contributed by atoms with Crippen molar-refractivity contribution < 1.29 is 14.0 Å². The van der Waals surface area contributed by atoms with E-state index < -0.39 is 17.6 Å². The Kier molecular flexibility index (Phi) is 4.59. The molecule has 9 heteroatoms. The van der Waals surface area contributed by atoms with Crippen molar-refractivity contribution in [2.24, 2.45) is 0 Å². The fourth-order valence-electron chi connectivity index (χ4n) is 1.95. The monoisotopic (exact) mass is 364 g/mol. The first kappa shape index (κ1) is 16.2. The van der Waals surface area contributed by atoms with Crippen LogP contribution in [0.1, 0.15) is 16.1 Å². The lowest BCUT2D eigenvalue weighted by Crippen LogP contribution is -2.41. The molecule has 0 unspecified atom stereocenters.